The van der Waals surface area contributed by atoms with Crippen molar-refractivity contribution in [2.75, 3.05) is 13.1 Å². The van der Waals surface area contributed by atoms with Gasteiger partial charge >= 0.3 is 5.97 Å². The normalized spacial score (nSPS) is 16.0. The van der Waals surface area contributed by atoms with Crippen molar-refractivity contribution in [2.45, 2.75) is 26.3 Å². The predicted molar refractivity (Wildman–Crippen MR) is 119 cm³/mol. The largest absolute Gasteiger partial charge is 0.478 e. The minimum atomic E-state index is -1.11. The number of hydrogen-bond acceptors (Lipinski definition) is 3. The van der Waals surface area contributed by atoms with E-state index in [1.54, 1.807) is 13.1 Å². The number of aromatic nitrogens is 2. The zero-order valence-corrected chi connectivity index (χ0v) is 18.7. The van der Waals surface area contributed by atoms with Crippen LogP contribution in [0.25, 0.3) is 16.6 Å². The van der Waals surface area contributed by atoms with E-state index in [1.807, 2.05) is 13.1 Å². The van der Waals surface area contributed by atoms with Gasteiger partial charge in [-0.3, -0.25) is 4.90 Å². The first-order valence-electron chi connectivity index (χ1n) is 9.84. The Labute approximate surface area is 183 Å². The summed E-state index contributed by atoms with van der Waals surface area (Å²) >= 11 is 3.60. The lowest BCUT2D eigenvalue weighted by Gasteiger charge is -2.32. The number of carbonyl (C=O) groups is 1. The van der Waals surface area contributed by atoms with Crippen LogP contribution in [0.1, 0.15) is 46.6 Å². The lowest BCUT2D eigenvalue weighted by Crippen LogP contribution is -2.32. The molecule has 3 heterocycles. The number of nitrogens with zero attached hydrogens (tertiary/aromatic N) is 3. The van der Waals surface area contributed by atoms with Crippen LogP contribution in [0.15, 0.2) is 41.0 Å². The van der Waals surface area contributed by atoms with E-state index in [0.717, 1.165) is 33.7 Å². The second-order valence-corrected chi connectivity index (χ2v) is 8.62. The molecule has 1 aliphatic rings. The fourth-order valence-electron chi connectivity index (χ4n) is 4.33. The molecule has 2 aromatic heterocycles. The number of fused-ring (bicyclic) bond motifs is 1. The van der Waals surface area contributed by atoms with Gasteiger partial charge in [-0.1, -0.05) is 6.08 Å². The van der Waals surface area contributed by atoms with Gasteiger partial charge in [0.1, 0.15) is 11.5 Å². The molecule has 0 radical (unpaired) electrons. The molecule has 0 saturated heterocycles. The summed E-state index contributed by atoms with van der Waals surface area (Å²) in [5.41, 5.74) is 4.22. The van der Waals surface area contributed by atoms with Gasteiger partial charge in [-0.2, -0.15) is 0 Å². The highest BCUT2D eigenvalue weighted by atomic mass is 79.9. The van der Waals surface area contributed by atoms with E-state index in [1.165, 1.54) is 11.8 Å². The van der Waals surface area contributed by atoms with Crippen LogP contribution in [0.2, 0.25) is 0 Å². The van der Waals surface area contributed by atoms with Crippen molar-refractivity contribution in [2.24, 2.45) is 7.05 Å². The third kappa shape index (κ3) is 3.56. The Morgan fingerprint density at radius 3 is 2.70 bits per heavy atom. The standard InChI is InChI=1S/C23H23BrFN3O2/c1-13-10-16(23(29)30)11-19(25)21(13)15-5-8-28(9-6-15)14(2)20-12-17-18(24)4-7-26-22(17)27(20)3/h4-5,7,10-12,14H,6,8-9H2,1-3H3,(H,29,30). The summed E-state index contributed by atoms with van der Waals surface area (Å²) in [4.78, 5) is 18.0. The first-order valence-corrected chi connectivity index (χ1v) is 10.6. The number of benzene rings is 1. The first kappa shape index (κ1) is 20.8. The Morgan fingerprint density at radius 1 is 1.33 bits per heavy atom. The summed E-state index contributed by atoms with van der Waals surface area (Å²) in [6, 6.07) is 6.94. The van der Waals surface area contributed by atoms with E-state index in [4.69, 9.17) is 5.11 Å². The van der Waals surface area contributed by atoms with Crippen LogP contribution >= 0.6 is 15.9 Å². The van der Waals surface area contributed by atoms with Crippen molar-refractivity contribution in [3.05, 3.63) is 69.2 Å². The molecule has 7 heteroatoms. The van der Waals surface area contributed by atoms with Crippen LogP contribution < -0.4 is 0 Å². The molecule has 0 saturated carbocycles. The van der Waals surface area contributed by atoms with Gasteiger partial charge in [0.2, 0.25) is 0 Å². The highest BCUT2D eigenvalue weighted by molar-refractivity contribution is 9.10. The van der Waals surface area contributed by atoms with Crippen LogP contribution in [-0.4, -0.2) is 38.6 Å². The predicted octanol–water partition coefficient (Wildman–Crippen LogP) is 5.33. The maximum absolute atomic E-state index is 14.7. The number of pyridine rings is 1. The number of rotatable bonds is 4. The lowest BCUT2D eigenvalue weighted by atomic mass is 9.93. The van der Waals surface area contributed by atoms with E-state index < -0.39 is 11.8 Å². The Hall–Kier alpha value is -2.51. The Morgan fingerprint density at radius 2 is 2.10 bits per heavy atom. The number of aryl methyl sites for hydroxylation is 2. The third-order valence-corrected chi connectivity index (χ3v) is 6.68. The summed E-state index contributed by atoms with van der Waals surface area (Å²) in [5.74, 6) is -1.58. The molecule has 1 atom stereocenters. The monoisotopic (exact) mass is 471 g/mol. The Bertz CT molecular complexity index is 1160. The molecule has 3 aromatic rings. The molecule has 1 aliphatic heterocycles. The summed E-state index contributed by atoms with van der Waals surface area (Å²) in [5, 5.41) is 10.2. The van der Waals surface area contributed by atoms with Crippen LogP contribution in [-0.2, 0) is 7.05 Å². The Balaban J connectivity index is 1.59. The lowest BCUT2D eigenvalue weighted by molar-refractivity contribution is 0.0696. The molecule has 4 rings (SSSR count). The van der Waals surface area contributed by atoms with Crippen molar-refractivity contribution in [1.29, 1.82) is 0 Å². The summed E-state index contributed by atoms with van der Waals surface area (Å²) in [6.07, 6.45) is 4.56. The molecule has 0 spiro atoms. The molecule has 5 nitrogen and oxygen atoms in total. The molecule has 0 bridgehead atoms. The number of carboxylic acids is 1. The molecular weight excluding hydrogens is 449 g/mol. The topological polar surface area (TPSA) is 58.4 Å². The van der Waals surface area contributed by atoms with Gasteiger partial charge in [0.15, 0.2) is 0 Å². The van der Waals surface area contributed by atoms with Crippen molar-refractivity contribution < 1.29 is 14.3 Å². The molecule has 156 valence electrons. The van der Waals surface area contributed by atoms with E-state index in [-0.39, 0.29) is 11.6 Å². The van der Waals surface area contributed by atoms with Gasteiger partial charge in [0, 0.05) is 53.5 Å². The van der Waals surface area contributed by atoms with Crippen LogP contribution in [0.3, 0.4) is 0 Å². The maximum Gasteiger partial charge on any atom is 0.335 e. The van der Waals surface area contributed by atoms with Gasteiger partial charge < -0.3 is 9.67 Å². The Kier molecular flexibility index (Phi) is 5.51. The van der Waals surface area contributed by atoms with E-state index in [2.05, 4.69) is 49.4 Å². The summed E-state index contributed by atoms with van der Waals surface area (Å²) < 4.78 is 17.8. The van der Waals surface area contributed by atoms with E-state index in [9.17, 15) is 9.18 Å². The average Bonchev–Trinajstić information content (AvgIpc) is 3.05. The van der Waals surface area contributed by atoms with Crippen molar-refractivity contribution in [3.63, 3.8) is 0 Å². The zero-order valence-electron chi connectivity index (χ0n) is 17.1. The SMILES string of the molecule is Cc1cc(C(=O)O)cc(F)c1C1=CCN(C(C)c2cc3c(Br)ccnc3n2C)CC1. The maximum atomic E-state index is 14.7. The van der Waals surface area contributed by atoms with Gasteiger partial charge in [-0.05, 0) is 71.6 Å². The smallest absolute Gasteiger partial charge is 0.335 e. The van der Waals surface area contributed by atoms with Gasteiger partial charge in [0.25, 0.3) is 0 Å². The minimum absolute atomic E-state index is 0.0176. The van der Waals surface area contributed by atoms with Crippen LogP contribution in [0.5, 0.6) is 0 Å². The minimum Gasteiger partial charge on any atom is -0.478 e. The molecule has 0 aliphatic carbocycles. The molecule has 1 N–H and O–H groups in total. The molecule has 1 aromatic carbocycles. The summed E-state index contributed by atoms with van der Waals surface area (Å²) in [6.45, 7) is 5.43. The molecule has 0 fully saturated rings. The quantitative estimate of drug-likeness (QED) is 0.558. The second kappa shape index (κ2) is 7.96. The summed E-state index contributed by atoms with van der Waals surface area (Å²) in [7, 11) is 2.03. The average molecular weight is 472 g/mol. The van der Waals surface area contributed by atoms with Crippen molar-refractivity contribution >= 4 is 38.5 Å². The van der Waals surface area contributed by atoms with Gasteiger partial charge in [-0.15, -0.1) is 0 Å². The van der Waals surface area contributed by atoms with Crippen molar-refractivity contribution in [1.82, 2.24) is 14.5 Å². The van der Waals surface area contributed by atoms with E-state index in [0.29, 0.717) is 24.1 Å². The van der Waals surface area contributed by atoms with Gasteiger partial charge in [-0.25, -0.2) is 14.2 Å². The molecule has 0 amide bonds. The highest BCUT2D eigenvalue weighted by Crippen LogP contribution is 2.34. The molecular formula is C23H23BrFN3O2. The molecule has 30 heavy (non-hydrogen) atoms. The second-order valence-electron chi connectivity index (χ2n) is 7.76. The van der Waals surface area contributed by atoms with Crippen LogP contribution in [0.4, 0.5) is 4.39 Å². The number of halogens is 2. The first-order chi connectivity index (χ1) is 14.3. The van der Waals surface area contributed by atoms with Gasteiger partial charge in [0.05, 0.1) is 5.56 Å². The van der Waals surface area contributed by atoms with Crippen LogP contribution in [0, 0.1) is 12.7 Å². The number of carboxylic acid groups (broad SMARTS) is 1. The van der Waals surface area contributed by atoms with E-state index >= 15 is 0 Å². The van der Waals surface area contributed by atoms with Crippen molar-refractivity contribution in [3.8, 4) is 0 Å². The fraction of sp³-hybridized carbons (Fsp3) is 0.304. The fourth-order valence-corrected chi connectivity index (χ4v) is 4.74. The molecule has 1 unspecified atom stereocenters. The number of aromatic carboxylic acids is 1. The third-order valence-electron chi connectivity index (χ3n) is 5.98. The number of hydrogen-bond donors (Lipinski definition) is 1. The zero-order chi connectivity index (χ0) is 21.6. The highest BCUT2D eigenvalue weighted by Gasteiger charge is 2.24.